The van der Waals surface area contributed by atoms with Crippen molar-refractivity contribution < 1.29 is 41.7 Å². The fourth-order valence-corrected chi connectivity index (χ4v) is 3.55. The summed E-state index contributed by atoms with van der Waals surface area (Å²) in [5, 5.41) is 37.8. The van der Waals surface area contributed by atoms with Crippen molar-refractivity contribution in [3.8, 4) is 17.2 Å². The molecule has 0 bridgehead atoms. The quantitative estimate of drug-likeness (QED) is 0.204. The van der Waals surface area contributed by atoms with Gasteiger partial charge in [-0.05, 0) is 41.3 Å². The number of hydrogen-bond acceptors (Lipinski definition) is 7. The topological polar surface area (TPSA) is 120 Å². The van der Waals surface area contributed by atoms with Crippen LogP contribution in [-0.2, 0) is 22.7 Å². The molecule has 8 nitrogen and oxygen atoms in total. The van der Waals surface area contributed by atoms with Gasteiger partial charge in [-0.25, -0.2) is 0 Å². The van der Waals surface area contributed by atoms with E-state index in [4.69, 9.17) is 9.47 Å². The molecule has 0 amide bonds. The number of benzene rings is 3. The van der Waals surface area contributed by atoms with Gasteiger partial charge in [0, 0.05) is 24.4 Å². The first kappa shape index (κ1) is 25.9. The number of rotatable bonds is 8. The first-order valence-electron chi connectivity index (χ1n) is 9.79. The van der Waals surface area contributed by atoms with Gasteiger partial charge in [-0.1, -0.05) is 48.2 Å². The minimum absolute atomic E-state index is 0. The van der Waals surface area contributed by atoms with Crippen LogP contribution < -0.4 is 19.7 Å². The summed E-state index contributed by atoms with van der Waals surface area (Å²) in [6, 6.07) is 16.1. The van der Waals surface area contributed by atoms with Crippen LogP contribution >= 0.6 is 0 Å². The number of hydrogen-bond donors (Lipinski definition) is 0. The van der Waals surface area contributed by atoms with E-state index in [1.54, 1.807) is 55.5 Å². The van der Waals surface area contributed by atoms with Gasteiger partial charge in [-0.15, -0.1) is 0 Å². The third-order valence-electron chi connectivity index (χ3n) is 5.24. The molecule has 3 rings (SSSR count). The molecule has 0 unspecified atom stereocenters. The predicted octanol–water partition coefficient (Wildman–Crippen LogP) is 2.79. The Hall–Kier alpha value is -3.39. The van der Waals surface area contributed by atoms with Crippen molar-refractivity contribution in [1.29, 1.82) is 0 Å². The Kier molecular flexibility index (Phi) is 8.59. The van der Waals surface area contributed by atoms with E-state index >= 15 is 0 Å². The summed E-state index contributed by atoms with van der Waals surface area (Å²) >= 11 is 0. The summed E-state index contributed by atoms with van der Waals surface area (Å²) < 4.78 is 10.9. The number of para-hydroxylation sites is 2. The number of nitro groups is 1. The third kappa shape index (κ3) is 5.17. The Morgan fingerprint density at radius 2 is 1.48 bits per heavy atom. The maximum Gasteiger partial charge on any atom is 2.00 e. The van der Waals surface area contributed by atoms with Crippen LogP contribution in [0.5, 0.6) is 17.2 Å². The van der Waals surface area contributed by atoms with Crippen LogP contribution in [0.3, 0.4) is 0 Å². The van der Waals surface area contributed by atoms with Crippen LogP contribution in [0.4, 0.5) is 5.69 Å². The first-order valence-corrected chi connectivity index (χ1v) is 9.79. The molecule has 0 saturated heterocycles. The average Bonchev–Trinajstić information content (AvgIpc) is 2.82. The van der Waals surface area contributed by atoms with Gasteiger partial charge in [0.2, 0.25) is 0 Å². The van der Waals surface area contributed by atoms with Crippen molar-refractivity contribution in [2.24, 2.45) is 4.99 Å². The van der Waals surface area contributed by atoms with Gasteiger partial charge >= 0.3 is 17.1 Å². The second-order valence-electron chi connectivity index (χ2n) is 7.07. The smallest absolute Gasteiger partial charge is 0.872 e. The Morgan fingerprint density at radius 1 is 0.970 bits per heavy atom. The van der Waals surface area contributed by atoms with E-state index in [2.05, 4.69) is 4.99 Å². The summed E-state index contributed by atoms with van der Waals surface area (Å²) in [6.07, 6.45) is 1.21. The minimum atomic E-state index is -1.94. The van der Waals surface area contributed by atoms with Crippen molar-refractivity contribution in [3.63, 3.8) is 0 Å². The van der Waals surface area contributed by atoms with Gasteiger partial charge in [0.15, 0.2) is 0 Å². The number of nitrogens with zero attached hydrogens (tertiary/aromatic N) is 2. The molecule has 0 saturated carbocycles. The zero-order valence-electron chi connectivity index (χ0n) is 18.2. The van der Waals surface area contributed by atoms with E-state index in [1.807, 2.05) is 0 Å². The van der Waals surface area contributed by atoms with Gasteiger partial charge in [0.1, 0.15) is 11.5 Å². The monoisotopic (exact) mass is 497 g/mol. The van der Waals surface area contributed by atoms with Crippen molar-refractivity contribution in [3.05, 3.63) is 93.5 Å². The van der Waals surface area contributed by atoms with Crippen molar-refractivity contribution in [1.82, 2.24) is 0 Å². The maximum absolute atomic E-state index is 14.6. The van der Waals surface area contributed by atoms with Crippen LogP contribution in [0.1, 0.15) is 23.6 Å². The summed E-state index contributed by atoms with van der Waals surface area (Å²) in [6.45, 7) is 1.62. The molecular formula is C24H22CuN2O6. The normalized spacial score (nSPS) is 12.1. The average molecular weight is 498 g/mol. The largest absolute Gasteiger partial charge is 2.00 e. The second-order valence-corrected chi connectivity index (χ2v) is 7.07. The number of aliphatic imine (C=N–C) groups is 1. The van der Waals surface area contributed by atoms with Crippen LogP contribution in [0.2, 0.25) is 0 Å². The Balaban J connectivity index is 0.00000385. The molecule has 0 fully saturated rings. The maximum atomic E-state index is 14.6. The molecule has 1 atom stereocenters. The zero-order chi connectivity index (χ0) is 23.3. The Labute approximate surface area is 202 Å². The molecule has 9 heteroatoms. The molecule has 0 aliphatic heterocycles. The van der Waals surface area contributed by atoms with Crippen LogP contribution in [0, 0.1) is 10.1 Å². The number of nitro benzene ring substituents is 1. The summed E-state index contributed by atoms with van der Waals surface area (Å²) in [7, 11) is 2.95. The summed E-state index contributed by atoms with van der Waals surface area (Å²) in [5.41, 5.74) is -1.47. The summed E-state index contributed by atoms with van der Waals surface area (Å²) in [5.74, 6) is 0.336. The van der Waals surface area contributed by atoms with E-state index in [0.29, 0.717) is 22.6 Å². The van der Waals surface area contributed by atoms with Crippen LogP contribution in [0.25, 0.3) is 0 Å². The van der Waals surface area contributed by atoms with Crippen molar-refractivity contribution in [2.75, 3.05) is 14.2 Å². The predicted molar refractivity (Wildman–Crippen MR) is 116 cm³/mol. The zero-order valence-corrected chi connectivity index (χ0v) is 19.1. The number of methoxy groups -OCH3 is 2. The van der Waals surface area contributed by atoms with Crippen LogP contribution in [-0.4, -0.2) is 31.4 Å². The van der Waals surface area contributed by atoms with E-state index in [9.17, 15) is 20.3 Å². The van der Waals surface area contributed by atoms with Gasteiger partial charge in [0.25, 0.3) is 5.69 Å². The molecule has 0 heterocycles. The SMILES string of the molecule is COc1ccccc1C([O-])(c1ccccc1OC)[C@@H](C)N=Cc1cc([N+](=O)[O-])ccc1[O-].[Cu+2]. The molecule has 3 aromatic carbocycles. The fraction of sp³-hybridized carbons (Fsp3) is 0.208. The molecule has 0 aliphatic rings. The van der Waals surface area contributed by atoms with Gasteiger partial charge in [-0.2, -0.15) is 0 Å². The van der Waals surface area contributed by atoms with Crippen molar-refractivity contribution in [2.45, 2.75) is 18.6 Å². The van der Waals surface area contributed by atoms with Gasteiger partial charge < -0.3 is 19.7 Å². The summed E-state index contributed by atoms with van der Waals surface area (Å²) in [4.78, 5) is 14.8. The van der Waals surface area contributed by atoms with E-state index in [-0.39, 0.29) is 28.3 Å². The van der Waals surface area contributed by atoms with Crippen LogP contribution in [0.15, 0.2) is 71.7 Å². The Morgan fingerprint density at radius 3 is 1.97 bits per heavy atom. The van der Waals surface area contributed by atoms with E-state index < -0.39 is 22.3 Å². The molecular weight excluding hydrogens is 476 g/mol. The molecule has 0 aromatic heterocycles. The molecule has 1 radical (unpaired) electrons. The Bertz CT molecular complexity index is 1100. The number of ether oxygens (including phenoxy) is 2. The number of non-ortho nitro benzene ring substituents is 1. The molecule has 3 aromatic rings. The third-order valence-corrected chi connectivity index (χ3v) is 5.24. The molecule has 0 aliphatic carbocycles. The standard InChI is InChI=1S/C24H23N2O6.Cu/c1-16(25-15-17-14-18(26(29)30)12-13-21(17)27)24(28,19-8-4-6-10-22(19)31-2)20-9-5-7-11-23(20)32-3;/h4-16,27H,1-3H3;/q-1;+2/p-1/t16-;/m1./s1. The molecule has 33 heavy (non-hydrogen) atoms. The van der Waals surface area contributed by atoms with Crippen molar-refractivity contribution >= 4 is 11.9 Å². The van der Waals surface area contributed by atoms with Gasteiger partial charge in [0.05, 0.1) is 19.1 Å². The van der Waals surface area contributed by atoms with E-state index in [1.165, 1.54) is 20.4 Å². The molecule has 0 N–H and O–H groups in total. The minimum Gasteiger partial charge on any atom is -0.872 e. The first-order chi connectivity index (χ1) is 15.3. The second kappa shape index (κ2) is 11.0. The van der Waals surface area contributed by atoms with E-state index in [0.717, 1.165) is 18.2 Å². The fourth-order valence-electron chi connectivity index (χ4n) is 3.55. The molecule has 175 valence electrons. The molecule has 0 spiro atoms. The van der Waals surface area contributed by atoms with Gasteiger partial charge in [-0.3, -0.25) is 15.1 Å².